The number of hydrogen-bond donors (Lipinski definition) is 0. The van der Waals surface area contributed by atoms with Gasteiger partial charge in [-0.3, -0.25) is 0 Å². The van der Waals surface area contributed by atoms with E-state index in [2.05, 4.69) is 9.97 Å². The largest absolute Gasteiger partial charge is 0.439 e. The second-order valence-electron chi connectivity index (χ2n) is 3.55. The predicted molar refractivity (Wildman–Crippen MR) is 63.0 cm³/mol. The van der Waals surface area contributed by atoms with Crippen molar-refractivity contribution in [2.75, 3.05) is 0 Å². The molecule has 0 bridgehead atoms. The highest BCUT2D eigenvalue weighted by Crippen LogP contribution is 2.25. The van der Waals surface area contributed by atoms with Gasteiger partial charge in [-0.15, -0.1) is 0 Å². The molecule has 0 aliphatic rings. The lowest BCUT2D eigenvalue weighted by molar-refractivity contribution is 0.458. The van der Waals surface area contributed by atoms with E-state index in [-0.39, 0.29) is 0 Å². The van der Waals surface area contributed by atoms with Crippen LogP contribution in [0.2, 0.25) is 5.15 Å². The molecule has 0 unspecified atom stereocenters. The SMILES string of the molecule is Cc1ccc(C)c(Oc2cc(Cl)ncn2)c1. The Balaban J connectivity index is 2.30. The first-order valence-corrected chi connectivity index (χ1v) is 5.25. The first-order valence-electron chi connectivity index (χ1n) is 4.88. The molecule has 0 saturated heterocycles. The molecule has 4 heteroatoms. The summed E-state index contributed by atoms with van der Waals surface area (Å²) in [6.45, 7) is 4.00. The quantitative estimate of drug-likeness (QED) is 0.746. The van der Waals surface area contributed by atoms with Crippen LogP contribution >= 0.6 is 11.6 Å². The van der Waals surface area contributed by atoms with E-state index in [1.54, 1.807) is 6.07 Å². The van der Waals surface area contributed by atoms with Crippen molar-refractivity contribution in [3.8, 4) is 11.6 Å². The average molecular weight is 235 g/mol. The topological polar surface area (TPSA) is 35.0 Å². The predicted octanol–water partition coefficient (Wildman–Crippen LogP) is 3.54. The summed E-state index contributed by atoms with van der Waals surface area (Å²) in [4.78, 5) is 7.78. The van der Waals surface area contributed by atoms with Crippen molar-refractivity contribution in [1.29, 1.82) is 0 Å². The van der Waals surface area contributed by atoms with Gasteiger partial charge in [0, 0.05) is 6.07 Å². The molecule has 1 heterocycles. The standard InChI is InChI=1S/C12H11ClN2O/c1-8-3-4-9(2)10(5-8)16-12-6-11(13)14-7-15-12/h3-7H,1-2H3. The highest BCUT2D eigenvalue weighted by Gasteiger charge is 2.03. The number of nitrogens with zero attached hydrogens (tertiary/aromatic N) is 2. The molecule has 0 saturated carbocycles. The zero-order valence-corrected chi connectivity index (χ0v) is 9.82. The molecule has 0 atom stereocenters. The number of halogens is 1. The van der Waals surface area contributed by atoms with E-state index in [0.29, 0.717) is 11.0 Å². The van der Waals surface area contributed by atoms with Crippen LogP contribution in [0.25, 0.3) is 0 Å². The van der Waals surface area contributed by atoms with Crippen LogP contribution in [-0.4, -0.2) is 9.97 Å². The molecular formula is C12H11ClN2O. The third-order valence-electron chi connectivity index (χ3n) is 2.17. The van der Waals surface area contributed by atoms with Crippen LogP contribution < -0.4 is 4.74 Å². The maximum absolute atomic E-state index is 5.75. The van der Waals surface area contributed by atoms with Gasteiger partial charge in [-0.25, -0.2) is 9.97 Å². The molecule has 16 heavy (non-hydrogen) atoms. The molecule has 82 valence electrons. The lowest BCUT2D eigenvalue weighted by Gasteiger charge is -2.08. The van der Waals surface area contributed by atoms with Gasteiger partial charge < -0.3 is 4.74 Å². The number of rotatable bonds is 2. The number of ether oxygens (including phenoxy) is 1. The van der Waals surface area contributed by atoms with Crippen molar-refractivity contribution >= 4 is 11.6 Å². The van der Waals surface area contributed by atoms with Gasteiger partial charge in [-0.1, -0.05) is 23.7 Å². The fourth-order valence-corrected chi connectivity index (χ4v) is 1.44. The number of aryl methyl sites for hydroxylation is 2. The van der Waals surface area contributed by atoms with Crippen LogP contribution in [0.3, 0.4) is 0 Å². The lowest BCUT2D eigenvalue weighted by atomic mass is 10.1. The Morgan fingerprint density at radius 3 is 2.69 bits per heavy atom. The van der Waals surface area contributed by atoms with Crippen molar-refractivity contribution in [3.63, 3.8) is 0 Å². The molecule has 2 aromatic rings. The average Bonchev–Trinajstić information content (AvgIpc) is 2.24. The summed E-state index contributed by atoms with van der Waals surface area (Å²) in [5, 5.41) is 0.371. The molecule has 0 aliphatic carbocycles. The molecule has 0 amide bonds. The normalized spacial score (nSPS) is 10.2. The van der Waals surface area contributed by atoms with Crippen LogP contribution in [0.5, 0.6) is 11.6 Å². The van der Waals surface area contributed by atoms with Crippen molar-refractivity contribution < 1.29 is 4.74 Å². The first-order chi connectivity index (χ1) is 7.65. The fourth-order valence-electron chi connectivity index (χ4n) is 1.30. The maximum Gasteiger partial charge on any atom is 0.223 e. The third kappa shape index (κ3) is 2.49. The summed E-state index contributed by atoms with van der Waals surface area (Å²) in [6.07, 6.45) is 1.38. The molecule has 0 spiro atoms. The first kappa shape index (κ1) is 10.9. The van der Waals surface area contributed by atoms with Gasteiger partial charge in [0.2, 0.25) is 5.88 Å². The summed E-state index contributed by atoms with van der Waals surface area (Å²) >= 11 is 5.75. The Bertz CT molecular complexity index is 514. The molecule has 0 N–H and O–H groups in total. The molecule has 2 rings (SSSR count). The van der Waals surface area contributed by atoms with Gasteiger partial charge in [0.25, 0.3) is 0 Å². The van der Waals surface area contributed by atoms with Crippen LogP contribution in [0.1, 0.15) is 11.1 Å². The van der Waals surface area contributed by atoms with Crippen LogP contribution in [0.15, 0.2) is 30.6 Å². The smallest absolute Gasteiger partial charge is 0.223 e. The molecule has 3 nitrogen and oxygen atoms in total. The van der Waals surface area contributed by atoms with Crippen LogP contribution in [-0.2, 0) is 0 Å². The minimum atomic E-state index is 0.371. The molecule has 0 radical (unpaired) electrons. The Hall–Kier alpha value is -1.61. The monoisotopic (exact) mass is 234 g/mol. The van der Waals surface area contributed by atoms with Gasteiger partial charge in [0.05, 0.1) is 0 Å². The Morgan fingerprint density at radius 1 is 1.12 bits per heavy atom. The molecule has 1 aromatic heterocycles. The van der Waals surface area contributed by atoms with Crippen LogP contribution in [0.4, 0.5) is 0 Å². The van der Waals surface area contributed by atoms with Gasteiger partial charge in [-0.2, -0.15) is 0 Å². The van der Waals surface area contributed by atoms with E-state index in [9.17, 15) is 0 Å². The second kappa shape index (κ2) is 4.49. The van der Waals surface area contributed by atoms with Gasteiger partial charge in [0.15, 0.2) is 0 Å². The third-order valence-corrected chi connectivity index (χ3v) is 2.37. The van der Waals surface area contributed by atoms with Crippen molar-refractivity contribution in [2.45, 2.75) is 13.8 Å². The van der Waals surface area contributed by atoms with E-state index in [4.69, 9.17) is 16.3 Å². The summed E-state index contributed by atoms with van der Waals surface area (Å²) in [5.41, 5.74) is 2.20. The zero-order valence-electron chi connectivity index (χ0n) is 9.07. The zero-order chi connectivity index (χ0) is 11.5. The number of aromatic nitrogens is 2. The van der Waals surface area contributed by atoms with Gasteiger partial charge in [0.1, 0.15) is 17.2 Å². The minimum absolute atomic E-state index is 0.371. The van der Waals surface area contributed by atoms with E-state index in [0.717, 1.165) is 16.9 Å². The maximum atomic E-state index is 5.75. The molecule has 0 fully saturated rings. The Kier molecular flexibility index (Phi) is 3.06. The van der Waals surface area contributed by atoms with Crippen molar-refractivity contribution in [3.05, 3.63) is 46.9 Å². The molecular weight excluding hydrogens is 224 g/mol. The summed E-state index contributed by atoms with van der Waals surface area (Å²) in [5.74, 6) is 1.24. The Morgan fingerprint density at radius 2 is 1.94 bits per heavy atom. The lowest BCUT2D eigenvalue weighted by Crippen LogP contribution is -1.91. The number of hydrogen-bond acceptors (Lipinski definition) is 3. The Labute approximate surface area is 99.1 Å². The second-order valence-corrected chi connectivity index (χ2v) is 3.94. The number of benzene rings is 1. The highest BCUT2D eigenvalue weighted by atomic mass is 35.5. The van der Waals surface area contributed by atoms with E-state index in [1.807, 2.05) is 32.0 Å². The minimum Gasteiger partial charge on any atom is -0.439 e. The van der Waals surface area contributed by atoms with Crippen molar-refractivity contribution in [2.24, 2.45) is 0 Å². The van der Waals surface area contributed by atoms with Gasteiger partial charge >= 0.3 is 0 Å². The van der Waals surface area contributed by atoms with Crippen LogP contribution in [0, 0.1) is 13.8 Å². The van der Waals surface area contributed by atoms with Crippen molar-refractivity contribution in [1.82, 2.24) is 9.97 Å². The van der Waals surface area contributed by atoms with Gasteiger partial charge in [-0.05, 0) is 31.0 Å². The van der Waals surface area contributed by atoms with E-state index < -0.39 is 0 Å². The summed E-state index contributed by atoms with van der Waals surface area (Å²) in [7, 11) is 0. The summed E-state index contributed by atoms with van der Waals surface area (Å²) < 4.78 is 5.64. The fraction of sp³-hybridized carbons (Fsp3) is 0.167. The highest BCUT2D eigenvalue weighted by molar-refractivity contribution is 6.29. The van der Waals surface area contributed by atoms with E-state index in [1.165, 1.54) is 6.33 Å². The van der Waals surface area contributed by atoms with E-state index >= 15 is 0 Å². The molecule has 0 aliphatic heterocycles. The summed E-state index contributed by atoms with van der Waals surface area (Å²) in [6, 6.07) is 7.59. The molecule has 1 aromatic carbocycles.